The average Bonchev–Trinajstić information content (AvgIpc) is 1.61. The van der Waals surface area contributed by atoms with Gasteiger partial charge in [-0.1, -0.05) is 152 Å². The number of benzene rings is 10. The van der Waals surface area contributed by atoms with E-state index in [-0.39, 0.29) is 82.5 Å². The Kier molecular flexibility index (Phi) is 31.7. The molecule has 20 rings (SSSR count). The molecule has 11 N–H and O–H groups in total. The van der Waals surface area contributed by atoms with Crippen LogP contribution in [-0.2, 0) is 74.1 Å². The highest BCUT2D eigenvalue weighted by molar-refractivity contribution is 7.89. The summed E-state index contributed by atoms with van der Waals surface area (Å²) in [6.07, 6.45) is 11.4. The summed E-state index contributed by atoms with van der Waals surface area (Å²) in [5.74, 6) is 3.70. The van der Waals surface area contributed by atoms with Crippen molar-refractivity contribution in [3.8, 4) is 67.6 Å². The molecule has 1 unspecified atom stereocenters. The van der Waals surface area contributed by atoms with E-state index >= 15 is 0 Å². The first-order valence-corrected chi connectivity index (χ1v) is 48.0. The summed E-state index contributed by atoms with van der Waals surface area (Å²) >= 11 is 0. The number of para-hydroxylation sites is 6. The fourth-order valence-corrected chi connectivity index (χ4v) is 18.1. The van der Waals surface area contributed by atoms with E-state index < -0.39 is 10.0 Å². The topological polar surface area (TPSA) is 365 Å². The third-order valence-corrected chi connectivity index (χ3v) is 24.8. The first-order chi connectivity index (χ1) is 66.6. The fourth-order valence-electron chi connectivity index (χ4n) is 17.6. The van der Waals surface area contributed by atoms with Crippen molar-refractivity contribution in [2.24, 2.45) is 5.14 Å². The van der Waals surface area contributed by atoms with Crippen LogP contribution in [0.4, 0.5) is 51.2 Å². The molecule has 0 bridgehead atoms. The van der Waals surface area contributed by atoms with Gasteiger partial charge in [0.1, 0.15) is 54.3 Å². The van der Waals surface area contributed by atoms with E-state index in [0.29, 0.717) is 89.1 Å². The Morgan fingerprint density at radius 3 is 1.59 bits per heavy atom. The van der Waals surface area contributed by atoms with Crippen molar-refractivity contribution in [1.82, 2.24) is 14.5 Å². The van der Waals surface area contributed by atoms with Gasteiger partial charge in [-0.3, -0.25) is 43.5 Å². The van der Waals surface area contributed by atoms with Gasteiger partial charge in [0.15, 0.2) is 11.5 Å². The first-order valence-electron chi connectivity index (χ1n) is 46.4. The minimum Gasteiger partial charge on any atom is -0.490 e. The molecule has 138 heavy (non-hydrogen) atoms. The van der Waals surface area contributed by atoms with E-state index in [1.807, 2.05) is 224 Å². The highest BCUT2D eigenvalue weighted by Gasteiger charge is 2.29. The maximum absolute atomic E-state index is 12.2. The van der Waals surface area contributed by atoms with Crippen LogP contribution in [0.25, 0.3) is 67.7 Å². The Labute approximate surface area is 804 Å². The van der Waals surface area contributed by atoms with Gasteiger partial charge in [-0.05, 0) is 186 Å². The van der Waals surface area contributed by atoms with E-state index in [4.69, 9.17) is 28.8 Å². The molecule has 0 fully saturated rings. The molecule has 13 aromatic rings. The average molecular weight is 1880 g/mol. The van der Waals surface area contributed by atoms with Crippen LogP contribution in [-0.4, -0.2) is 127 Å². The Morgan fingerprint density at radius 2 is 0.993 bits per heavy atom. The van der Waals surface area contributed by atoms with Crippen molar-refractivity contribution >= 4 is 125 Å². The van der Waals surface area contributed by atoms with E-state index in [9.17, 15) is 42.0 Å². The number of ether oxygens (including phenoxy) is 5. The van der Waals surface area contributed by atoms with Crippen LogP contribution in [0.15, 0.2) is 260 Å². The molecule has 7 aliphatic rings. The Bertz CT molecular complexity index is 6790. The van der Waals surface area contributed by atoms with E-state index in [2.05, 4.69) is 118 Å². The van der Waals surface area contributed by atoms with Gasteiger partial charge >= 0.3 is 0 Å². The lowest BCUT2D eigenvalue weighted by Gasteiger charge is -2.20. The number of pyridine rings is 2. The van der Waals surface area contributed by atoms with Crippen molar-refractivity contribution in [3.63, 3.8) is 0 Å². The monoisotopic (exact) mass is 1870 g/mol. The van der Waals surface area contributed by atoms with Crippen molar-refractivity contribution < 1.29 is 65.7 Å². The number of methoxy groups -OCH3 is 1. The van der Waals surface area contributed by atoms with Crippen molar-refractivity contribution in [2.75, 3.05) is 74.8 Å². The van der Waals surface area contributed by atoms with Gasteiger partial charge in [0.25, 0.3) is 0 Å². The number of Topliss-reactive ketones (excluding diaryl/α,β-unsaturated/α-hetero) is 3. The van der Waals surface area contributed by atoms with E-state index in [0.717, 1.165) is 153 Å². The van der Waals surface area contributed by atoms with Crippen LogP contribution in [0.5, 0.6) is 23.0 Å². The molecule has 28 heteroatoms. The number of sulfonamides is 1. The van der Waals surface area contributed by atoms with Crippen molar-refractivity contribution in [3.05, 3.63) is 289 Å². The lowest BCUT2D eigenvalue weighted by Crippen LogP contribution is -2.19. The van der Waals surface area contributed by atoms with Gasteiger partial charge in [0.05, 0.1) is 74.1 Å². The summed E-state index contributed by atoms with van der Waals surface area (Å²) < 4.78 is 53.4. The highest BCUT2D eigenvalue weighted by Crippen LogP contribution is 2.45. The number of nitrogens with one attached hydrogen (secondary N) is 9. The van der Waals surface area contributed by atoms with Gasteiger partial charge in [-0.25, -0.2) is 13.6 Å². The molecule has 7 aliphatic heterocycles. The van der Waals surface area contributed by atoms with Crippen LogP contribution in [0.1, 0.15) is 134 Å². The normalized spacial score (nSPS) is 17.8. The smallest absolute Gasteiger partial charge is 0.238 e. The van der Waals surface area contributed by atoms with E-state index in [1.54, 1.807) is 38.6 Å². The van der Waals surface area contributed by atoms with Crippen LogP contribution in [0, 0.1) is 0 Å². The Hall–Kier alpha value is -15.3. The standard InChI is InChI=1S/C22H24N2O2.C19H20N2O2.C18H18N2O3.C18H19NO3.C17H17N3O.C16H17N3O3S/c1-15-12-18(25)13-17-7-5-8-19(22(17)23-15)21-14-16-6-3-4-9-20(16)24(21)10-11-26-2;1-12-9-18(23)21-17-8-4-7-16(19(17)20-12)15-6-3-5-14(11-15)10-13(2)22;1-11-9-17(21)20-14-4-2-3-13(18(14)19-11)12-5-6-15-16(10-12)23-8-7-22-15;1-12-9-15(20)10-14-6-7-16(11-18(14)21-12)22-13(2)17-5-3-4-8-19-17;1-12-11-16(21)20-15-7-4-5-13(17(15)19-12)8-9-14-6-2-3-10-18-14;1-10-9-15(20)19-14-4-2-3-13(16(14)18-10)11-5-7-12(8-6-11)23(17,21)22/h3-9,14-15,23H,10-13H2,1-2H3;3-8,11-12,20H,9-10H2,1-2H3,(H,21,23);2-6,10-11,19H,7-9H2,1H3,(H,20,21);3-8,11-13H,9-10H2,1-2H3;2-10,12,19H,11H2,1H3,(H,20,21);2-8,10,18H,9H2,1H3,(H,19,20)(H2,17,21,22)/b;;;;9-8+;/t15-;12-;11-;12-,13?;12-;10-/m111111/s1. The minimum atomic E-state index is -3.71. The highest BCUT2D eigenvalue weighted by atomic mass is 32.2. The number of fused-ring (bicyclic) bond motifs is 8. The van der Waals surface area contributed by atoms with Crippen LogP contribution in [0.2, 0.25) is 0 Å². The molecule has 3 aromatic heterocycles. The zero-order chi connectivity index (χ0) is 97.1. The number of carbonyl (C=O) groups is 7. The maximum atomic E-state index is 12.2. The number of amides is 4. The van der Waals surface area contributed by atoms with Crippen molar-refractivity contribution in [1.29, 1.82) is 0 Å². The number of primary sulfonamides is 1. The molecule has 10 heterocycles. The first kappa shape index (κ1) is 97.3. The fraction of sp³-hybridized carbons (Fsp3) is 0.264. The van der Waals surface area contributed by atoms with Gasteiger partial charge in [0, 0.05) is 165 Å². The minimum absolute atomic E-state index is 0.00101. The van der Waals surface area contributed by atoms with Crippen LogP contribution in [0.3, 0.4) is 0 Å². The molecule has 0 spiro atoms. The maximum Gasteiger partial charge on any atom is 0.238 e. The molecule has 27 nitrogen and oxygen atoms in total. The van der Waals surface area contributed by atoms with Crippen molar-refractivity contribution in [2.45, 2.75) is 167 Å². The largest absolute Gasteiger partial charge is 0.490 e. The molecule has 10 aromatic carbocycles. The zero-order valence-corrected chi connectivity index (χ0v) is 79.5. The number of nitrogens with two attached hydrogens (primary N) is 1. The summed E-state index contributed by atoms with van der Waals surface area (Å²) in [5, 5.41) is 35.3. The molecule has 0 radical (unpaired) electrons. The molecular weight excluding hydrogens is 1760 g/mol. The summed E-state index contributed by atoms with van der Waals surface area (Å²) in [4.78, 5) is 91.4. The molecule has 4 amide bonds. The van der Waals surface area contributed by atoms with Crippen LogP contribution < -0.4 is 71.9 Å². The number of ketones is 3. The molecule has 710 valence electrons. The number of carbonyl (C=O) groups excluding carboxylic acids is 7. The van der Waals surface area contributed by atoms with Gasteiger partial charge in [-0.15, -0.1) is 0 Å². The third-order valence-electron chi connectivity index (χ3n) is 23.8. The third kappa shape index (κ3) is 25.3. The molecule has 7 atom stereocenters. The Morgan fingerprint density at radius 1 is 0.478 bits per heavy atom. The molecule has 0 aliphatic carbocycles. The zero-order valence-electron chi connectivity index (χ0n) is 78.7. The molecular formula is C110H115N13O14S. The second-order valence-corrected chi connectivity index (χ2v) is 37.0. The van der Waals surface area contributed by atoms with E-state index in [1.165, 1.54) is 23.0 Å². The van der Waals surface area contributed by atoms with Gasteiger partial charge < -0.3 is 76.1 Å². The number of nitrogens with zero attached hydrogens (tertiary/aromatic N) is 3. The lowest BCUT2D eigenvalue weighted by molar-refractivity contribution is -0.120. The number of hydrogen-bond donors (Lipinski definition) is 10. The summed E-state index contributed by atoms with van der Waals surface area (Å²) in [7, 11) is -1.98. The SMILES string of the molecule is CC(=O)Cc1cccc(-c2cccc3c2N[C@H](C)CC(=O)N3)c1.CC(Oc1ccc2c(c1)O[C@H](C)CC(=O)C2)c1ccccn1.COCCn1c(-c2cccc3c2N[C@H](C)CC(=O)C3)cc2ccccc21.C[C@@H]1CC(=O)Nc2cccc(-c3ccc(S(N)(=O)=O)cc3)c2N1.C[C@@H]1CC(=O)Nc2cccc(-c3ccc4c(c3)OCCO4)c2N1.C[C@@H]1CC(=O)Nc2cccc(/C=C/c3ccccn3)c2N1. The summed E-state index contributed by atoms with van der Waals surface area (Å²) in [6, 6.07) is 78.1. The lowest BCUT2D eigenvalue weighted by atomic mass is 9.98. The number of hydrogen-bond acceptors (Lipinski definition) is 21. The molecule has 0 saturated carbocycles. The molecule has 0 saturated heterocycles. The summed E-state index contributed by atoms with van der Waals surface area (Å²) in [6.45, 7) is 18.1. The quantitative estimate of drug-likeness (QED) is 0.0456. The number of rotatable bonds is 15. The second-order valence-electron chi connectivity index (χ2n) is 35.4. The van der Waals surface area contributed by atoms with Gasteiger partial charge in [0.2, 0.25) is 33.7 Å². The van der Waals surface area contributed by atoms with Gasteiger partial charge in [-0.2, -0.15) is 0 Å². The van der Waals surface area contributed by atoms with Crippen LogP contribution >= 0.6 is 0 Å². The predicted octanol–water partition coefficient (Wildman–Crippen LogP) is 20.2. The number of anilines is 9. The Balaban J connectivity index is 0.000000126. The number of aromatic nitrogens is 3. The predicted molar refractivity (Wildman–Crippen MR) is 546 cm³/mol. The summed E-state index contributed by atoms with van der Waals surface area (Å²) in [5.41, 5.74) is 23.1. The second kappa shape index (κ2) is 44.9.